The normalized spacial score (nSPS) is 12.8. The zero-order valence-electron chi connectivity index (χ0n) is 13.9. The van der Waals surface area contributed by atoms with Crippen LogP contribution in [0.1, 0.15) is 32.8 Å². The average molecular weight is 348 g/mol. The molecule has 0 bridgehead atoms. The molecule has 1 aromatic rings. The average Bonchev–Trinajstić information content (AvgIpc) is 2.47. The maximum absolute atomic E-state index is 13.1. The third kappa shape index (κ3) is 6.27. The van der Waals surface area contributed by atoms with E-state index in [1.165, 1.54) is 6.07 Å². The molecule has 24 heavy (non-hydrogen) atoms. The molecule has 0 heterocycles. The lowest BCUT2D eigenvalue weighted by Gasteiger charge is -2.17. The second-order valence-electron chi connectivity index (χ2n) is 5.62. The van der Waals surface area contributed by atoms with E-state index in [2.05, 4.69) is 10.6 Å². The molecule has 0 aliphatic carbocycles. The number of hydrogen-bond donors (Lipinski definition) is 3. The van der Waals surface area contributed by atoms with E-state index in [-0.39, 0.29) is 30.5 Å². The van der Waals surface area contributed by atoms with Crippen LogP contribution in [0.3, 0.4) is 0 Å². The molecule has 0 aliphatic rings. The number of alkyl halides is 3. The van der Waals surface area contributed by atoms with Gasteiger partial charge in [-0.3, -0.25) is 0 Å². The van der Waals surface area contributed by atoms with Crippen LogP contribution >= 0.6 is 0 Å². The SMILES string of the molecule is CCOc1ccc(NC(=O)NCCC(O)C(C)C)c(C(F)(F)F)c1. The highest BCUT2D eigenvalue weighted by atomic mass is 19.4. The minimum atomic E-state index is -4.62. The van der Waals surface area contributed by atoms with Gasteiger partial charge in [-0.1, -0.05) is 13.8 Å². The van der Waals surface area contributed by atoms with Gasteiger partial charge in [-0.2, -0.15) is 13.2 Å². The summed E-state index contributed by atoms with van der Waals surface area (Å²) in [5.74, 6) is 0.119. The third-order valence-corrected chi connectivity index (χ3v) is 3.35. The Morgan fingerprint density at radius 2 is 2.00 bits per heavy atom. The van der Waals surface area contributed by atoms with Crippen molar-refractivity contribution in [2.45, 2.75) is 39.5 Å². The molecule has 3 N–H and O–H groups in total. The fraction of sp³-hybridized carbons (Fsp3) is 0.562. The van der Waals surface area contributed by atoms with Crippen LogP contribution < -0.4 is 15.4 Å². The fourth-order valence-electron chi connectivity index (χ4n) is 1.96. The standard InChI is InChI=1S/C16H23F3N2O3/c1-4-24-11-5-6-13(12(9-11)16(17,18)19)21-15(23)20-8-7-14(22)10(2)3/h5-6,9-10,14,22H,4,7-8H2,1-3H3,(H2,20,21,23). The highest BCUT2D eigenvalue weighted by Crippen LogP contribution is 2.37. The number of aliphatic hydroxyl groups is 1. The van der Waals surface area contributed by atoms with Gasteiger partial charge in [0.1, 0.15) is 5.75 Å². The van der Waals surface area contributed by atoms with Crippen molar-refractivity contribution in [2.75, 3.05) is 18.5 Å². The molecule has 0 fully saturated rings. The van der Waals surface area contributed by atoms with Crippen molar-refractivity contribution in [3.05, 3.63) is 23.8 Å². The van der Waals surface area contributed by atoms with E-state index in [0.717, 1.165) is 12.1 Å². The minimum Gasteiger partial charge on any atom is -0.494 e. The van der Waals surface area contributed by atoms with Crippen LogP contribution in [0, 0.1) is 5.92 Å². The molecule has 1 rings (SSSR count). The van der Waals surface area contributed by atoms with Crippen molar-refractivity contribution in [1.82, 2.24) is 5.32 Å². The van der Waals surface area contributed by atoms with Crippen LogP contribution in [0.25, 0.3) is 0 Å². The zero-order chi connectivity index (χ0) is 18.3. The molecule has 5 nitrogen and oxygen atoms in total. The molecule has 1 aromatic carbocycles. The second-order valence-corrected chi connectivity index (χ2v) is 5.62. The van der Waals surface area contributed by atoms with E-state index in [0.29, 0.717) is 6.42 Å². The second kappa shape index (κ2) is 8.77. The Labute approximate surface area is 139 Å². The van der Waals surface area contributed by atoms with Crippen molar-refractivity contribution >= 4 is 11.7 Å². The van der Waals surface area contributed by atoms with Gasteiger partial charge in [-0.15, -0.1) is 0 Å². The Balaban J connectivity index is 2.74. The Hall–Kier alpha value is -1.96. The van der Waals surface area contributed by atoms with Crippen molar-refractivity contribution < 1.29 is 27.8 Å². The number of benzene rings is 1. The van der Waals surface area contributed by atoms with Crippen molar-refractivity contribution in [1.29, 1.82) is 0 Å². The van der Waals surface area contributed by atoms with Crippen LogP contribution in [-0.4, -0.2) is 30.4 Å². The van der Waals surface area contributed by atoms with Crippen LogP contribution in [0.15, 0.2) is 18.2 Å². The Kier molecular flexibility index (Phi) is 7.34. The van der Waals surface area contributed by atoms with Crippen molar-refractivity contribution in [2.24, 2.45) is 5.92 Å². The number of nitrogens with one attached hydrogen (secondary N) is 2. The molecule has 0 aromatic heterocycles. The first-order chi connectivity index (χ1) is 11.1. The molecule has 136 valence electrons. The van der Waals surface area contributed by atoms with Gasteiger partial charge in [0, 0.05) is 6.54 Å². The minimum absolute atomic E-state index is 0.0396. The number of amides is 2. The fourth-order valence-corrected chi connectivity index (χ4v) is 1.96. The van der Waals surface area contributed by atoms with Gasteiger partial charge in [-0.05, 0) is 37.5 Å². The number of ether oxygens (including phenoxy) is 1. The molecule has 2 amide bonds. The summed E-state index contributed by atoms with van der Waals surface area (Å²) in [6.45, 7) is 5.73. The largest absolute Gasteiger partial charge is 0.494 e. The lowest BCUT2D eigenvalue weighted by atomic mass is 10.0. The number of urea groups is 1. The van der Waals surface area contributed by atoms with Crippen LogP contribution in [0.4, 0.5) is 23.7 Å². The van der Waals surface area contributed by atoms with E-state index in [9.17, 15) is 23.1 Å². The van der Waals surface area contributed by atoms with Gasteiger partial charge in [0.25, 0.3) is 0 Å². The van der Waals surface area contributed by atoms with E-state index >= 15 is 0 Å². The summed E-state index contributed by atoms with van der Waals surface area (Å²) in [5.41, 5.74) is -1.33. The highest BCUT2D eigenvalue weighted by molar-refractivity contribution is 5.90. The summed E-state index contributed by atoms with van der Waals surface area (Å²) in [5, 5.41) is 14.2. The van der Waals surface area contributed by atoms with Crippen LogP contribution in [0.5, 0.6) is 5.75 Å². The number of anilines is 1. The molecule has 0 aliphatic heterocycles. The molecule has 1 atom stereocenters. The number of hydrogen-bond acceptors (Lipinski definition) is 3. The first-order valence-electron chi connectivity index (χ1n) is 7.72. The highest BCUT2D eigenvalue weighted by Gasteiger charge is 2.34. The smallest absolute Gasteiger partial charge is 0.418 e. The number of halogens is 3. The lowest BCUT2D eigenvalue weighted by molar-refractivity contribution is -0.137. The summed E-state index contributed by atoms with van der Waals surface area (Å²) in [7, 11) is 0. The Bertz CT molecular complexity index is 548. The maximum Gasteiger partial charge on any atom is 0.418 e. The molecule has 0 radical (unpaired) electrons. The summed E-state index contributed by atoms with van der Waals surface area (Å²) >= 11 is 0. The van der Waals surface area contributed by atoms with E-state index < -0.39 is 23.9 Å². The first kappa shape index (κ1) is 20.1. The van der Waals surface area contributed by atoms with Gasteiger partial charge in [0.05, 0.1) is 24.0 Å². The van der Waals surface area contributed by atoms with Gasteiger partial charge in [0.15, 0.2) is 0 Å². The van der Waals surface area contributed by atoms with Gasteiger partial charge < -0.3 is 20.5 Å². The van der Waals surface area contributed by atoms with Crippen LogP contribution in [-0.2, 0) is 6.18 Å². The quantitative estimate of drug-likeness (QED) is 0.705. The van der Waals surface area contributed by atoms with Crippen molar-refractivity contribution in [3.63, 3.8) is 0 Å². The molecular weight excluding hydrogens is 325 g/mol. The molecule has 0 spiro atoms. The molecular formula is C16H23F3N2O3. The summed E-state index contributed by atoms with van der Waals surface area (Å²) in [6.07, 6.45) is -4.88. The summed E-state index contributed by atoms with van der Waals surface area (Å²) in [6, 6.07) is 2.59. The summed E-state index contributed by atoms with van der Waals surface area (Å²) in [4.78, 5) is 11.8. The predicted octanol–water partition coefficient (Wildman–Crippen LogP) is 3.63. The van der Waals surface area contributed by atoms with Crippen molar-refractivity contribution in [3.8, 4) is 5.75 Å². The van der Waals surface area contributed by atoms with E-state index in [1.807, 2.05) is 13.8 Å². The molecule has 1 unspecified atom stereocenters. The molecule has 0 saturated heterocycles. The Morgan fingerprint density at radius 3 is 2.54 bits per heavy atom. The number of carbonyl (C=O) groups is 1. The third-order valence-electron chi connectivity index (χ3n) is 3.35. The molecule has 8 heteroatoms. The monoisotopic (exact) mass is 348 g/mol. The first-order valence-corrected chi connectivity index (χ1v) is 7.72. The lowest BCUT2D eigenvalue weighted by Crippen LogP contribution is -2.32. The van der Waals surface area contributed by atoms with Gasteiger partial charge in [-0.25, -0.2) is 4.79 Å². The zero-order valence-corrected chi connectivity index (χ0v) is 13.9. The van der Waals surface area contributed by atoms with Gasteiger partial charge in [0.2, 0.25) is 0 Å². The van der Waals surface area contributed by atoms with E-state index in [1.54, 1.807) is 6.92 Å². The Morgan fingerprint density at radius 1 is 1.33 bits per heavy atom. The van der Waals surface area contributed by atoms with Crippen LogP contribution in [0.2, 0.25) is 0 Å². The number of carbonyl (C=O) groups excluding carboxylic acids is 1. The maximum atomic E-state index is 13.1. The number of rotatable bonds is 7. The molecule has 0 saturated carbocycles. The summed E-state index contributed by atoms with van der Waals surface area (Å²) < 4.78 is 44.4. The van der Waals surface area contributed by atoms with Gasteiger partial charge >= 0.3 is 12.2 Å². The number of aliphatic hydroxyl groups excluding tert-OH is 1. The van der Waals surface area contributed by atoms with E-state index in [4.69, 9.17) is 4.74 Å². The topological polar surface area (TPSA) is 70.6 Å². The predicted molar refractivity (Wildman–Crippen MR) is 85.1 cm³/mol.